The highest BCUT2D eigenvalue weighted by Gasteiger charge is 2.30. The van der Waals surface area contributed by atoms with Crippen molar-refractivity contribution in [2.24, 2.45) is 0 Å². The fourth-order valence-corrected chi connectivity index (χ4v) is 3.22. The minimum Gasteiger partial charge on any atom is -0.325 e. The largest absolute Gasteiger partial charge is 0.337 e. The summed E-state index contributed by atoms with van der Waals surface area (Å²) in [6, 6.07) is 7.75. The van der Waals surface area contributed by atoms with Crippen molar-refractivity contribution in [3.63, 3.8) is 0 Å². The second-order valence-corrected chi connectivity index (χ2v) is 6.47. The summed E-state index contributed by atoms with van der Waals surface area (Å²) in [5.74, 6) is 0. The van der Waals surface area contributed by atoms with E-state index in [0.29, 0.717) is 17.7 Å². The lowest BCUT2D eigenvalue weighted by Crippen LogP contribution is -2.39. The summed E-state index contributed by atoms with van der Waals surface area (Å²) < 4.78 is 4.86. The second kappa shape index (κ2) is 5.47. The molecule has 4 rings (SSSR count). The summed E-state index contributed by atoms with van der Waals surface area (Å²) in [6.07, 6.45) is 4.34. The lowest BCUT2D eigenvalue weighted by Gasteiger charge is -2.12. The van der Waals surface area contributed by atoms with Gasteiger partial charge in [0.1, 0.15) is 0 Å². The molecule has 0 radical (unpaired) electrons. The van der Waals surface area contributed by atoms with Crippen LogP contribution in [0, 0.1) is 6.92 Å². The summed E-state index contributed by atoms with van der Waals surface area (Å²) in [7, 11) is 0. The van der Waals surface area contributed by atoms with Crippen molar-refractivity contribution in [1.82, 2.24) is 18.7 Å². The van der Waals surface area contributed by atoms with Crippen LogP contribution < -0.4 is 11.2 Å². The minimum absolute atomic E-state index is 0.0236. The zero-order valence-corrected chi connectivity index (χ0v) is 13.9. The van der Waals surface area contributed by atoms with E-state index in [1.54, 1.807) is 10.9 Å². The Morgan fingerprint density at radius 1 is 1.25 bits per heavy atom. The molecule has 1 fully saturated rings. The summed E-state index contributed by atoms with van der Waals surface area (Å²) >= 11 is 0. The number of aromatic nitrogens is 4. The minimum atomic E-state index is -0.289. The zero-order valence-electron chi connectivity index (χ0n) is 13.9. The van der Waals surface area contributed by atoms with Gasteiger partial charge in [0.2, 0.25) is 0 Å². The van der Waals surface area contributed by atoms with E-state index in [0.717, 1.165) is 30.5 Å². The third-order valence-electron chi connectivity index (χ3n) is 4.49. The van der Waals surface area contributed by atoms with Crippen molar-refractivity contribution in [2.75, 3.05) is 0 Å². The van der Waals surface area contributed by atoms with Gasteiger partial charge in [-0.25, -0.2) is 14.3 Å². The number of benzene rings is 1. The molecule has 0 spiro atoms. The van der Waals surface area contributed by atoms with Gasteiger partial charge in [-0.05, 0) is 43.9 Å². The van der Waals surface area contributed by atoms with Crippen LogP contribution in [0.4, 0.5) is 0 Å². The Bertz CT molecular complexity index is 1040. The Morgan fingerprint density at radius 2 is 2.04 bits per heavy atom. The molecule has 124 valence electrons. The van der Waals surface area contributed by atoms with E-state index in [9.17, 15) is 9.59 Å². The first-order chi connectivity index (χ1) is 11.6. The Kier molecular flexibility index (Phi) is 3.40. The number of nitrogens with zero attached hydrogens (tertiary/aromatic N) is 4. The molecule has 1 saturated carbocycles. The first kappa shape index (κ1) is 14.9. The number of aryl methyl sites for hydroxylation is 2. The van der Waals surface area contributed by atoms with E-state index >= 15 is 0 Å². The molecule has 2 heterocycles. The molecule has 0 aliphatic heterocycles. The van der Waals surface area contributed by atoms with Crippen molar-refractivity contribution in [1.29, 1.82) is 0 Å². The molecule has 24 heavy (non-hydrogen) atoms. The van der Waals surface area contributed by atoms with Crippen LogP contribution in [0.15, 0.2) is 40.2 Å². The van der Waals surface area contributed by atoms with Crippen LogP contribution in [0.5, 0.6) is 0 Å². The molecule has 0 unspecified atom stereocenters. The normalized spacial score (nSPS) is 14.4. The molecule has 6 nitrogen and oxygen atoms in total. The number of hydrogen-bond acceptors (Lipinski definition) is 3. The molecule has 0 bridgehead atoms. The van der Waals surface area contributed by atoms with Crippen LogP contribution in [0.2, 0.25) is 0 Å². The van der Waals surface area contributed by atoms with Crippen molar-refractivity contribution in [2.45, 2.75) is 45.7 Å². The second-order valence-electron chi connectivity index (χ2n) is 6.47. The maximum Gasteiger partial charge on any atom is 0.337 e. The van der Waals surface area contributed by atoms with Crippen LogP contribution in [0.1, 0.15) is 37.8 Å². The standard InChI is InChI=1S/C18H20N4O2/c1-3-9-20-11-19-16-15(20)17(23)22(13-7-8-13)18(24)21(16)14-6-4-5-12(2)10-14/h4-6,10-11,13H,3,7-9H2,1-2H3. The van der Waals surface area contributed by atoms with Crippen molar-refractivity contribution >= 4 is 11.2 Å². The van der Waals surface area contributed by atoms with Gasteiger partial charge in [-0.3, -0.25) is 9.36 Å². The molecule has 1 aliphatic rings. The Morgan fingerprint density at radius 3 is 2.71 bits per heavy atom. The Hall–Kier alpha value is -2.63. The predicted octanol–water partition coefficient (Wildman–Crippen LogP) is 2.40. The topological polar surface area (TPSA) is 61.8 Å². The van der Waals surface area contributed by atoms with Gasteiger partial charge in [-0.2, -0.15) is 0 Å². The highest BCUT2D eigenvalue weighted by Crippen LogP contribution is 2.32. The van der Waals surface area contributed by atoms with E-state index in [1.807, 2.05) is 35.8 Å². The van der Waals surface area contributed by atoms with Gasteiger partial charge in [0.05, 0.1) is 12.0 Å². The molecule has 0 N–H and O–H groups in total. The quantitative estimate of drug-likeness (QED) is 0.740. The van der Waals surface area contributed by atoms with E-state index in [-0.39, 0.29) is 17.3 Å². The first-order valence-electron chi connectivity index (χ1n) is 8.41. The van der Waals surface area contributed by atoms with Crippen LogP contribution in [0.3, 0.4) is 0 Å². The number of imidazole rings is 1. The molecule has 0 saturated heterocycles. The molecule has 2 aromatic heterocycles. The fraction of sp³-hybridized carbons (Fsp3) is 0.389. The van der Waals surface area contributed by atoms with Crippen LogP contribution >= 0.6 is 0 Å². The Balaban J connectivity index is 2.12. The molecule has 6 heteroatoms. The van der Waals surface area contributed by atoms with E-state index in [1.165, 1.54) is 4.57 Å². The van der Waals surface area contributed by atoms with Gasteiger partial charge < -0.3 is 4.57 Å². The van der Waals surface area contributed by atoms with Gasteiger partial charge in [0.15, 0.2) is 11.2 Å². The van der Waals surface area contributed by atoms with Crippen molar-refractivity contribution in [3.05, 3.63) is 57.0 Å². The number of hydrogen-bond donors (Lipinski definition) is 0. The van der Waals surface area contributed by atoms with Gasteiger partial charge in [0, 0.05) is 12.6 Å². The molecule has 1 aliphatic carbocycles. The molecule has 1 aromatic carbocycles. The lowest BCUT2D eigenvalue weighted by atomic mass is 10.2. The SMILES string of the molecule is CCCn1cnc2c1c(=O)n(C1CC1)c(=O)n2-c1cccc(C)c1. The van der Waals surface area contributed by atoms with Gasteiger partial charge >= 0.3 is 5.69 Å². The van der Waals surface area contributed by atoms with Crippen LogP contribution in [-0.4, -0.2) is 18.7 Å². The summed E-state index contributed by atoms with van der Waals surface area (Å²) in [6.45, 7) is 4.75. The molecule has 3 aromatic rings. The summed E-state index contributed by atoms with van der Waals surface area (Å²) in [5, 5.41) is 0. The fourth-order valence-electron chi connectivity index (χ4n) is 3.22. The van der Waals surface area contributed by atoms with Crippen molar-refractivity contribution in [3.8, 4) is 5.69 Å². The highest BCUT2D eigenvalue weighted by molar-refractivity contribution is 5.72. The smallest absolute Gasteiger partial charge is 0.325 e. The maximum atomic E-state index is 13.0. The van der Waals surface area contributed by atoms with E-state index in [4.69, 9.17) is 0 Å². The maximum absolute atomic E-state index is 13.0. The highest BCUT2D eigenvalue weighted by atomic mass is 16.2. The van der Waals surface area contributed by atoms with Crippen LogP contribution in [-0.2, 0) is 6.54 Å². The van der Waals surface area contributed by atoms with Crippen LogP contribution in [0.25, 0.3) is 16.9 Å². The number of fused-ring (bicyclic) bond motifs is 1. The van der Waals surface area contributed by atoms with Crippen molar-refractivity contribution < 1.29 is 0 Å². The average molecular weight is 324 g/mol. The first-order valence-corrected chi connectivity index (χ1v) is 8.41. The third-order valence-corrected chi connectivity index (χ3v) is 4.49. The lowest BCUT2D eigenvalue weighted by molar-refractivity contribution is 0.633. The zero-order chi connectivity index (χ0) is 16.8. The van der Waals surface area contributed by atoms with Gasteiger partial charge in [-0.15, -0.1) is 0 Å². The van der Waals surface area contributed by atoms with Gasteiger partial charge in [-0.1, -0.05) is 19.1 Å². The Labute approximate surface area is 139 Å². The average Bonchev–Trinajstić information content (AvgIpc) is 3.29. The summed E-state index contributed by atoms with van der Waals surface area (Å²) in [5.41, 5.74) is 2.27. The summed E-state index contributed by atoms with van der Waals surface area (Å²) in [4.78, 5) is 30.4. The molecular weight excluding hydrogens is 304 g/mol. The molecular formula is C18H20N4O2. The third kappa shape index (κ3) is 2.21. The number of rotatable bonds is 4. The predicted molar refractivity (Wildman–Crippen MR) is 92.9 cm³/mol. The van der Waals surface area contributed by atoms with E-state index in [2.05, 4.69) is 11.9 Å². The molecule has 0 atom stereocenters. The monoisotopic (exact) mass is 324 g/mol. The van der Waals surface area contributed by atoms with E-state index < -0.39 is 0 Å². The van der Waals surface area contributed by atoms with Gasteiger partial charge in [0.25, 0.3) is 5.56 Å². The molecule has 0 amide bonds.